The summed E-state index contributed by atoms with van der Waals surface area (Å²) in [7, 11) is 1.62. The van der Waals surface area contributed by atoms with Gasteiger partial charge in [-0.25, -0.2) is 0 Å². The minimum atomic E-state index is -0.327. The molecule has 186 valence electrons. The Bertz CT molecular complexity index is 1200. The number of hydrogen-bond acceptors (Lipinski definition) is 5. The molecule has 1 aromatic carbocycles. The van der Waals surface area contributed by atoms with Crippen molar-refractivity contribution in [3.63, 3.8) is 0 Å². The van der Waals surface area contributed by atoms with Gasteiger partial charge >= 0.3 is 0 Å². The van der Waals surface area contributed by atoms with Crippen LogP contribution in [-0.4, -0.2) is 24.5 Å². The van der Waals surface area contributed by atoms with E-state index in [2.05, 4.69) is 20.8 Å². The van der Waals surface area contributed by atoms with Gasteiger partial charge in [0.1, 0.15) is 17.3 Å². The van der Waals surface area contributed by atoms with Crippen LogP contribution in [0.3, 0.4) is 0 Å². The molecule has 0 aromatic heterocycles. The van der Waals surface area contributed by atoms with Crippen molar-refractivity contribution in [2.45, 2.75) is 60.8 Å². The Morgan fingerprint density at radius 2 is 1.74 bits per heavy atom. The molecule has 5 heteroatoms. The second kappa shape index (κ2) is 8.18. The highest BCUT2D eigenvalue weighted by atomic mass is 16.5. The first-order valence-electron chi connectivity index (χ1n) is 12.8. The van der Waals surface area contributed by atoms with Crippen molar-refractivity contribution in [1.29, 1.82) is 0 Å². The average molecular weight is 477 g/mol. The van der Waals surface area contributed by atoms with Crippen LogP contribution in [0.15, 0.2) is 40.7 Å². The summed E-state index contributed by atoms with van der Waals surface area (Å²) in [4.78, 5) is 39.0. The van der Waals surface area contributed by atoms with Gasteiger partial charge in [0.2, 0.25) is 5.78 Å². The number of carbonyl (C=O) groups excluding carboxylic acids is 3. The largest absolute Gasteiger partial charge is 0.496 e. The molecule has 5 nitrogen and oxygen atoms in total. The van der Waals surface area contributed by atoms with Crippen LogP contribution >= 0.6 is 0 Å². The molecule has 0 unspecified atom stereocenters. The number of carbonyl (C=O) groups is 3. The van der Waals surface area contributed by atoms with E-state index in [0.29, 0.717) is 29.6 Å². The molecule has 0 saturated heterocycles. The molecule has 0 N–H and O–H groups in total. The fourth-order valence-electron chi connectivity index (χ4n) is 7.62. The number of hydrogen-bond donors (Lipinski definition) is 0. The van der Waals surface area contributed by atoms with Gasteiger partial charge in [-0.15, -0.1) is 0 Å². The van der Waals surface area contributed by atoms with Crippen molar-refractivity contribution in [3.8, 4) is 11.5 Å². The van der Waals surface area contributed by atoms with Gasteiger partial charge in [-0.3, -0.25) is 9.59 Å². The number of methoxy groups -OCH3 is 1. The maximum Gasteiger partial charge on any atom is 0.202 e. The molecule has 5 rings (SSSR count). The molecule has 1 aromatic rings. The smallest absolute Gasteiger partial charge is 0.202 e. The fraction of sp³-hybridized carbons (Fsp3) is 0.567. The van der Waals surface area contributed by atoms with Gasteiger partial charge in [-0.2, -0.15) is 0 Å². The second-order valence-corrected chi connectivity index (χ2v) is 11.7. The first-order chi connectivity index (χ1) is 16.5. The van der Waals surface area contributed by atoms with E-state index >= 15 is 0 Å². The van der Waals surface area contributed by atoms with Gasteiger partial charge in [-0.1, -0.05) is 25.0 Å². The summed E-state index contributed by atoms with van der Waals surface area (Å²) in [6.45, 7) is 12.1. The lowest BCUT2D eigenvalue weighted by atomic mass is 9.66. The number of Topliss-reactive ketones (excluding diaryl/α,β-unsaturated/α-hetero) is 3. The van der Waals surface area contributed by atoms with Gasteiger partial charge in [0, 0.05) is 23.8 Å². The van der Waals surface area contributed by atoms with E-state index in [-0.39, 0.29) is 52.2 Å². The molecule has 0 heterocycles. The molecule has 2 saturated carbocycles. The van der Waals surface area contributed by atoms with Crippen LogP contribution < -0.4 is 9.47 Å². The highest BCUT2D eigenvalue weighted by Crippen LogP contribution is 2.71. The number of allylic oxidation sites excluding steroid dienone is 4. The third kappa shape index (κ3) is 3.53. The first kappa shape index (κ1) is 24.0. The summed E-state index contributed by atoms with van der Waals surface area (Å²) < 4.78 is 11.4. The van der Waals surface area contributed by atoms with E-state index in [1.54, 1.807) is 27.0 Å². The Labute approximate surface area is 207 Å². The normalized spacial score (nSPS) is 32.8. The van der Waals surface area contributed by atoms with Crippen LogP contribution in [0.1, 0.15) is 59.4 Å². The Morgan fingerprint density at radius 3 is 2.37 bits per heavy atom. The lowest BCUT2D eigenvalue weighted by molar-refractivity contribution is -0.133. The Kier molecular flexibility index (Phi) is 5.61. The van der Waals surface area contributed by atoms with Crippen molar-refractivity contribution in [1.82, 2.24) is 0 Å². The maximum absolute atomic E-state index is 13.8. The second-order valence-electron chi connectivity index (χ2n) is 11.7. The molecule has 2 bridgehead atoms. The Hall–Kier alpha value is -2.69. The SMILES string of the molecule is COc1ccc(OC2=C(C)C(=O)[C@H]3[C@@H](C2=O)[C@@H]2C[C@H]3C([C@@H]3[C@H](CCC(C)=O)C3(C)C)=C2C)cc1C. The van der Waals surface area contributed by atoms with Crippen molar-refractivity contribution < 1.29 is 23.9 Å². The van der Waals surface area contributed by atoms with Crippen LogP contribution in [0, 0.1) is 47.8 Å². The highest BCUT2D eigenvalue weighted by molar-refractivity contribution is 6.13. The molecule has 2 fully saturated rings. The van der Waals surface area contributed by atoms with Gasteiger partial charge in [-0.05, 0) is 93.4 Å². The third-order valence-corrected chi connectivity index (χ3v) is 9.49. The van der Waals surface area contributed by atoms with Crippen LogP contribution in [0.5, 0.6) is 11.5 Å². The van der Waals surface area contributed by atoms with E-state index in [4.69, 9.17) is 9.47 Å². The average Bonchev–Trinajstić information content (AvgIpc) is 3.07. The minimum absolute atomic E-state index is 0.0327. The standard InChI is InChI=1S/C30H36O5/c1-14-12-18(9-11-22(14)34-7)35-29-17(4)27(32)25-20-13-19(24(25)28(29)33)16(3)23(20)26-21(30(26,5)6)10-8-15(2)31/h9,11-12,19-21,24-26H,8,10,13H2,1-7H3/t19-,20+,21+,24+,25-,26+/m1/s1. The predicted octanol–water partition coefficient (Wildman–Crippen LogP) is 5.65. The number of fused-ring (bicyclic) bond motifs is 5. The monoisotopic (exact) mass is 476 g/mol. The van der Waals surface area contributed by atoms with Gasteiger partial charge in [0.15, 0.2) is 11.5 Å². The molecule has 0 spiro atoms. The molecule has 0 amide bonds. The molecule has 0 radical (unpaired) electrons. The molecular formula is C30H36O5. The van der Waals surface area contributed by atoms with E-state index in [1.165, 1.54) is 11.1 Å². The molecular weight excluding hydrogens is 440 g/mol. The molecule has 35 heavy (non-hydrogen) atoms. The van der Waals surface area contributed by atoms with Gasteiger partial charge < -0.3 is 14.3 Å². The van der Waals surface area contributed by atoms with E-state index in [0.717, 1.165) is 24.2 Å². The van der Waals surface area contributed by atoms with Crippen molar-refractivity contribution >= 4 is 17.3 Å². The van der Waals surface area contributed by atoms with Crippen molar-refractivity contribution in [2.75, 3.05) is 7.11 Å². The van der Waals surface area contributed by atoms with Gasteiger partial charge in [0.25, 0.3) is 0 Å². The first-order valence-corrected chi connectivity index (χ1v) is 12.8. The number of ether oxygens (including phenoxy) is 2. The summed E-state index contributed by atoms with van der Waals surface area (Å²) in [6.07, 6.45) is 2.39. The number of rotatable bonds is 7. The predicted molar refractivity (Wildman–Crippen MR) is 133 cm³/mol. The molecule has 4 aliphatic carbocycles. The van der Waals surface area contributed by atoms with Crippen LogP contribution in [0.25, 0.3) is 0 Å². The van der Waals surface area contributed by atoms with Crippen molar-refractivity contribution in [3.05, 3.63) is 46.2 Å². The third-order valence-electron chi connectivity index (χ3n) is 9.49. The topological polar surface area (TPSA) is 69.7 Å². The molecule has 4 aliphatic rings. The van der Waals surface area contributed by atoms with E-state index in [9.17, 15) is 14.4 Å². The highest BCUT2D eigenvalue weighted by Gasteiger charge is 2.66. The van der Waals surface area contributed by atoms with Crippen LogP contribution in [0.4, 0.5) is 0 Å². The molecule has 6 atom stereocenters. The quantitative estimate of drug-likeness (QED) is 0.476. The zero-order chi connectivity index (χ0) is 25.4. The number of aryl methyl sites for hydroxylation is 1. The van der Waals surface area contributed by atoms with E-state index in [1.807, 2.05) is 19.1 Å². The van der Waals surface area contributed by atoms with E-state index < -0.39 is 0 Å². The molecule has 0 aliphatic heterocycles. The Morgan fingerprint density at radius 1 is 1.06 bits per heavy atom. The lowest BCUT2D eigenvalue weighted by Gasteiger charge is -2.36. The summed E-state index contributed by atoms with van der Waals surface area (Å²) >= 11 is 0. The van der Waals surface area contributed by atoms with Crippen LogP contribution in [0.2, 0.25) is 0 Å². The number of ketones is 3. The summed E-state index contributed by atoms with van der Waals surface area (Å²) in [6, 6.07) is 5.43. The zero-order valence-electron chi connectivity index (χ0n) is 21.9. The summed E-state index contributed by atoms with van der Waals surface area (Å²) in [5.74, 6) is 2.27. The van der Waals surface area contributed by atoms with Crippen molar-refractivity contribution in [2.24, 2.45) is 40.9 Å². The number of benzene rings is 1. The summed E-state index contributed by atoms with van der Waals surface area (Å²) in [5.41, 5.74) is 4.21. The Balaban J connectivity index is 1.42. The van der Waals surface area contributed by atoms with Gasteiger partial charge in [0.05, 0.1) is 7.11 Å². The zero-order valence-corrected chi connectivity index (χ0v) is 21.9. The lowest BCUT2D eigenvalue weighted by Crippen LogP contribution is -2.42. The summed E-state index contributed by atoms with van der Waals surface area (Å²) in [5, 5.41) is 0. The fourth-order valence-corrected chi connectivity index (χ4v) is 7.62. The van der Waals surface area contributed by atoms with Crippen LogP contribution in [-0.2, 0) is 14.4 Å². The minimum Gasteiger partial charge on any atom is -0.496 e. The maximum atomic E-state index is 13.8.